The molecule has 0 bridgehead atoms. The van der Waals surface area contributed by atoms with E-state index in [0.29, 0.717) is 5.41 Å². The summed E-state index contributed by atoms with van der Waals surface area (Å²) in [5.41, 5.74) is 1.81. The van der Waals surface area contributed by atoms with Crippen LogP contribution in [0.15, 0.2) is 24.3 Å². The lowest BCUT2D eigenvalue weighted by Gasteiger charge is -2.13. The molecule has 2 rings (SSSR count). The van der Waals surface area contributed by atoms with Crippen molar-refractivity contribution in [3.63, 3.8) is 0 Å². The van der Waals surface area contributed by atoms with Gasteiger partial charge < -0.3 is 0 Å². The smallest absolute Gasteiger partial charge is 0.258 e. The molecule has 3 nitrogen and oxygen atoms in total. The number of hydrogen-bond acceptors (Lipinski definition) is 2. The van der Waals surface area contributed by atoms with E-state index in [4.69, 9.17) is 0 Å². The number of nitro groups is 1. The summed E-state index contributed by atoms with van der Waals surface area (Å²) in [5.74, 6) is 0. The van der Waals surface area contributed by atoms with Crippen molar-refractivity contribution in [1.29, 1.82) is 0 Å². The molecule has 1 aromatic rings. The maximum atomic E-state index is 10.5. The summed E-state index contributed by atoms with van der Waals surface area (Å²) in [5, 5.41) is 10.5. The van der Waals surface area contributed by atoms with Gasteiger partial charge in [0.1, 0.15) is 0 Å². The third-order valence-corrected chi connectivity index (χ3v) is 3.27. The van der Waals surface area contributed by atoms with E-state index in [9.17, 15) is 10.1 Å². The molecule has 0 N–H and O–H groups in total. The summed E-state index contributed by atoms with van der Waals surface area (Å²) < 4.78 is 0. The Bertz CT molecular complexity index is 366. The molecule has 0 heterocycles. The topological polar surface area (TPSA) is 43.1 Å². The average molecular weight is 205 g/mol. The van der Waals surface area contributed by atoms with Gasteiger partial charge >= 0.3 is 0 Å². The first-order valence-electron chi connectivity index (χ1n) is 5.43. The number of nitro benzene ring substituents is 1. The second-order valence-electron chi connectivity index (χ2n) is 4.33. The van der Waals surface area contributed by atoms with Crippen molar-refractivity contribution in [3.8, 4) is 0 Å². The van der Waals surface area contributed by atoms with Crippen molar-refractivity contribution in [2.24, 2.45) is 0 Å². The van der Waals surface area contributed by atoms with E-state index in [1.807, 2.05) is 12.1 Å². The van der Waals surface area contributed by atoms with Gasteiger partial charge in [0.25, 0.3) is 5.69 Å². The maximum Gasteiger partial charge on any atom is 0.269 e. The summed E-state index contributed by atoms with van der Waals surface area (Å²) in [6.45, 7) is 2.19. The minimum Gasteiger partial charge on any atom is -0.258 e. The highest BCUT2D eigenvalue weighted by Crippen LogP contribution is 2.51. The van der Waals surface area contributed by atoms with Crippen LogP contribution in [0.3, 0.4) is 0 Å². The lowest BCUT2D eigenvalue weighted by atomic mass is 9.91. The van der Waals surface area contributed by atoms with E-state index < -0.39 is 0 Å². The van der Waals surface area contributed by atoms with E-state index in [2.05, 4.69) is 6.92 Å². The zero-order valence-electron chi connectivity index (χ0n) is 8.90. The van der Waals surface area contributed by atoms with E-state index in [-0.39, 0.29) is 10.6 Å². The molecule has 15 heavy (non-hydrogen) atoms. The van der Waals surface area contributed by atoms with E-state index in [1.165, 1.54) is 31.2 Å². The van der Waals surface area contributed by atoms with Gasteiger partial charge in [-0.1, -0.05) is 25.5 Å². The van der Waals surface area contributed by atoms with Crippen molar-refractivity contribution in [2.75, 3.05) is 0 Å². The molecule has 1 aliphatic carbocycles. The number of hydrogen-bond donors (Lipinski definition) is 0. The minimum absolute atomic E-state index is 0.186. The molecule has 0 atom stereocenters. The number of non-ortho nitro benzene ring substituents is 1. The normalized spacial score (nSPS) is 17.4. The van der Waals surface area contributed by atoms with Crippen LogP contribution < -0.4 is 0 Å². The van der Waals surface area contributed by atoms with Gasteiger partial charge in [-0.3, -0.25) is 10.1 Å². The Hall–Kier alpha value is -1.38. The molecule has 1 aromatic carbocycles. The van der Waals surface area contributed by atoms with Gasteiger partial charge in [0, 0.05) is 12.1 Å². The van der Waals surface area contributed by atoms with Crippen LogP contribution in [0.25, 0.3) is 0 Å². The van der Waals surface area contributed by atoms with Crippen molar-refractivity contribution < 1.29 is 4.92 Å². The van der Waals surface area contributed by atoms with Crippen LogP contribution in [0.1, 0.15) is 38.2 Å². The van der Waals surface area contributed by atoms with E-state index in [0.717, 1.165) is 0 Å². The molecule has 0 saturated heterocycles. The summed E-state index contributed by atoms with van der Waals surface area (Å²) >= 11 is 0. The zero-order chi connectivity index (χ0) is 10.9. The Kier molecular flexibility index (Phi) is 2.47. The van der Waals surface area contributed by atoms with Gasteiger partial charge in [0.2, 0.25) is 0 Å². The third kappa shape index (κ3) is 1.87. The van der Waals surface area contributed by atoms with Gasteiger partial charge in [-0.15, -0.1) is 0 Å². The van der Waals surface area contributed by atoms with Gasteiger partial charge in [0.15, 0.2) is 0 Å². The van der Waals surface area contributed by atoms with Gasteiger partial charge in [-0.25, -0.2) is 0 Å². The molecule has 0 aromatic heterocycles. The Balaban J connectivity index is 2.20. The predicted molar refractivity (Wildman–Crippen MR) is 58.9 cm³/mol. The highest BCUT2D eigenvalue weighted by molar-refractivity contribution is 5.39. The van der Waals surface area contributed by atoms with Crippen LogP contribution in [0.4, 0.5) is 5.69 Å². The third-order valence-electron chi connectivity index (χ3n) is 3.27. The highest BCUT2D eigenvalue weighted by Gasteiger charge is 2.42. The van der Waals surface area contributed by atoms with Crippen LogP contribution in [0, 0.1) is 10.1 Å². The van der Waals surface area contributed by atoms with Crippen LogP contribution in [-0.4, -0.2) is 4.92 Å². The van der Waals surface area contributed by atoms with Crippen LogP contribution in [0.5, 0.6) is 0 Å². The van der Waals surface area contributed by atoms with Crippen LogP contribution in [0.2, 0.25) is 0 Å². The van der Waals surface area contributed by atoms with Gasteiger partial charge in [0.05, 0.1) is 4.92 Å². The second kappa shape index (κ2) is 3.65. The number of nitrogens with zero attached hydrogens (tertiary/aromatic N) is 1. The highest BCUT2D eigenvalue weighted by atomic mass is 16.6. The molecule has 0 aliphatic heterocycles. The van der Waals surface area contributed by atoms with Crippen molar-refractivity contribution in [3.05, 3.63) is 39.9 Å². The Morgan fingerprint density at radius 2 is 1.93 bits per heavy atom. The molecule has 80 valence electrons. The summed E-state index contributed by atoms with van der Waals surface area (Å²) in [6.07, 6.45) is 4.85. The van der Waals surface area contributed by atoms with E-state index >= 15 is 0 Å². The first-order valence-corrected chi connectivity index (χ1v) is 5.43. The average Bonchev–Trinajstić information content (AvgIpc) is 3.00. The zero-order valence-corrected chi connectivity index (χ0v) is 8.90. The van der Waals surface area contributed by atoms with Crippen molar-refractivity contribution in [2.45, 2.75) is 38.0 Å². The molecule has 0 unspecified atom stereocenters. The SMILES string of the molecule is CCCC1(c2ccc([N+](=O)[O-])cc2)CC1. The second-order valence-corrected chi connectivity index (χ2v) is 4.33. The fraction of sp³-hybridized carbons (Fsp3) is 0.500. The first kappa shape index (κ1) is 10.1. The lowest BCUT2D eigenvalue weighted by molar-refractivity contribution is -0.384. The predicted octanol–water partition coefficient (Wildman–Crippen LogP) is 3.43. The monoisotopic (exact) mass is 205 g/mol. The lowest BCUT2D eigenvalue weighted by Crippen LogP contribution is -2.05. The van der Waals surface area contributed by atoms with Crippen LogP contribution in [-0.2, 0) is 5.41 Å². The van der Waals surface area contributed by atoms with Gasteiger partial charge in [-0.2, -0.15) is 0 Å². The molecule has 0 spiro atoms. The van der Waals surface area contributed by atoms with Crippen molar-refractivity contribution in [1.82, 2.24) is 0 Å². The number of benzene rings is 1. The fourth-order valence-electron chi connectivity index (χ4n) is 2.25. The Morgan fingerprint density at radius 3 is 2.33 bits per heavy atom. The van der Waals surface area contributed by atoms with E-state index in [1.54, 1.807) is 12.1 Å². The summed E-state index contributed by atoms with van der Waals surface area (Å²) in [6, 6.07) is 7.07. The molecule has 0 radical (unpaired) electrons. The van der Waals surface area contributed by atoms with Gasteiger partial charge in [-0.05, 0) is 30.2 Å². The minimum atomic E-state index is -0.344. The Morgan fingerprint density at radius 1 is 1.33 bits per heavy atom. The fourth-order valence-corrected chi connectivity index (χ4v) is 2.25. The van der Waals surface area contributed by atoms with Crippen molar-refractivity contribution >= 4 is 5.69 Å². The molecular weight excluding hydrogens is 190 g/mol. The standard InChI is InChI=1S/C12H15NO2/c1-2-7-12(8-9-12)10-3-5-11(6-4-10)13(14)15/h3-6H,2,7-9H2,1H3. The molecule has 1 fully saturated rings. The quantitative estimate of drug-likeness (QED) is 0.558. The Labute approximate surface area is 89.3 Å². The summed E-state index contributed by atoms with van der Waals surface area (Å²) in [7, 11) is 0. The number of rotatable bonds is 4. The largest absolute Gasteiger partial charge is 0.269 e. The molecule has 1 saturated carbocycles. The molecule has 1 aliphatic rings. The molecule has 3 heteroatoms. The molecular formula is C12H15NO2. The molecule has 0 amide bonds. The maximum absolute atomic E-state index is 10.5. The first-order chi connectivity index (χ1) is 7.18. The summed E-state index contributed by atoms with van der Waals surface area (Å²) in [4.78, 5) is 10.2. The van der Waals surface area contributed by atoms with Crippen LogP contribution >= 0.6 is 0 Å².